The molecule has 0 saturated heterocycles. The Morgan fingerprint density at radius 2 is 0.750 bits per heavy atom. The fourth-order valence-corrected chi connectivity index (χ4v) is 4.23. The lowest BCUT2D eigenvalue weighted by atomic mass is 9.86. The largest absolute Gasteiger partial charge is 0.0620 e. The summed E-state index contributed by atoms with van der Waals surface area (Å²) < 4.78 is 0. The molecule has 0 unspecified atom stereocenters. The Morgan fingerprint density at radius 1 is 0.357 bits per heavy atom. The highest BCUT2D eigenvalue weighted by molar-refractivity contribution is 6.07. The summed E-state index contributed by atoms with van der Waals surface area (Å²) in [5, 5.41) is 5.30. The van der Waals surface area contributed by atoms with Crippen LogP contribution in [0.4, 0.5) is 0 Å². The fraction of sp³-hybridized carbons (Fsp3) is 0.0714. The molecule has 0 fully saturated rings. The van der Waals surface area contributed by atoms with Crippen molar-refractivity contribution in [2.75, 3.05) is 0 Å². The number of benzene rings is 5. The van der Waals surface area contributed by atoms with Crippen molar-refractivity contribution < 1.29 is 0 Å². The summed E-state index contributed by atoms with van der Waals surface area (Å²) in [7, 11) is 0. The molecule has 6 rings (SSSR count). The average molecular weight is 358 g/mol. The van der Waals surface area contributed by atoms with Crippen LogP contribution in [0.5, 0.6) is 0 Å². The maximum absolute atomic E-state index is 2.24. The van der Waals surface area contributed by atoms with Gasteiger partial charge in [-0.2, -0.15) is 0 Å². The summed E-state index contributed by atoms with van der Waals surface area (Å²) in [6.45, 7) is 0. The molecule has 5 aromatic carbocycles. The van der Waals surface area contributed by atoms with Crippen LogP contribution in [-0.2, 0) is 12.8 Å². The highest BCUT2D eigenvalue weighted by atomic mass is 14.2. The second-order valence-corrected chi connectivity index (χ2v) is 7.32. The number of hydrogen-bond donors (Lipinski definition) is 0. The second kappa shape index (κ2) is 7.32. The normalized spacial score (nSPS) is 12.0. The molecule has 0 radical (unpaired) electrons. The van der Waals surface area contributed by atoms with Crippen molar-refractivity contribution in [1.82, 2.24) is 0 Å². The topological polar surface area (TPSA) is 0 Å². The van der Waals surface area contributed by atoms with Crippen LogP contribution in [0, 0.1) is 0 Å². The number of hydrogen-bond acceptors (Lipinski definition) is 0. The van der Waals surface area contributed by atoms with Gasteiger partial charge in [-0.25, -0.2) is 0 Å². The molecule has 28 heavy (non-hydrogen) atoms. The van der Waals surface area contributed by atoms with Crippen LogP contribution in [0.1, 0.15) is 11.1 Å². The Hall–Kier alpha value is -3.38. The molecule has 0 bridgehead atoms. The van der Waals surface area contributed by atoms with Crippen molar-refractivity contribution in [3.63, 3.8) is 0 Å². The number of aryl methyl sites for hydroxylation is 2. The van der Waals surface area contributed by atoms with Gasteiger partial charge in [-0.1, -0.05) is 109 Å². The Kier molecular flexibility index (Phi) is 4.39. The van der Waals surface area contributed by atoms with E-state index in [9.17, 15) is 0 Å². The quantitative estimate of drug-likeness (QED) is 0.252. The molecular formula is C28H22. The molecule has 0 aliphatic heterocycles. The number of fused-ring (bicyclic) bond motifs is 6. The summed E-state index contributed by atoms with van der Waals surface area (Å²) in [6.07, 6.45) is 2.38. The molecule has 0 aromatic heterocycles. The Morgan fingerprint density at radius 3 is 1.25 bits per heavy atom. The van der Waals surface area contributed by atoms with Gasteiger partial charge in [-0.3, -0.25) is 0 Å². The third-order valence-corrected chi connectivity index (χ3v) is 5.64. The minimum absolute atomic E-state index is 1.19. The van der Waals surface area contributed by atoms with Crippen molar-refractivity contribution in [3.8, 4) is 11.1 Å². The van der Waals surface area contributed by atoms with Crippen LogP contribution in [0.2, 0.25) is 0 Å². The van der Waals surface area contributed by atoms with E-state index >= 15 is 0 Å². The molecule has 1 aliphatic rings. The van der Waals surface area contributed by atoms with Gasteiger partial charge in [0.05, 0.1) is 0 Å². The molecule has 134 valence electrons. The van der Waals surface area contributed by atoms with Gasteiger partial charge in [0, 0.05) is 0 Å². The standard InChI is InChI=1S/C14H12.C14H10/c2*1-3-7-13-11(5-1)9-10-12-6-2-4-8-14(12)13/h1-8H,9-10H2;1-10H. The van der Waals surface area contributed by atoms with Gasteiger partial charge < -0.3 is 0 Å². The highest BCUT2D eigenvalue weighted by Crippen LogP contribution is 2.32. The second-order valence-electron chi connectivity index (χ2n) is 7.32. The van der Waals surface area contributed by atoms with E-state index < -0.39 is 0 Å². The monoisotopic (exact) mass is 358 g/mol. The Bertz CT molecular complexity index is 1160. The lowest BCUT2D eigenvalue weighted by Crippen LogP contribution is -2.02. The zero-order chi connectivity index (χ0) is 18.8. The summed E-state index contributed by atoms with van der Waals surface area (Å²) in [6, 6.07) is 38.8. The van der Waals surface area contributed by atoms with Crippen LogP contribution >= 0.6 is 0 Å². The van der Waals surface area contributed by atoms with Gasteiger partial charge in [-0.05, 0) is 56.6 Å². The molecule has 0 heteroatoms. The Balaban J connectivity index is 0.000000122. The van der Waals surface area contributed by atoms with Crippen LogP contribution < -0.4 is 0 Å². The van der Waals surface area contributed by atoms with E-state index in [0.717, 1.165) is 0 Å². The van der Waals surface area contributed by atoms with Gasteiger partial charge >= 0.3 is 0 Å². The first-order valence-corrected chi connectivity index (χ1v) is 9.93. The first-order chi connectivity index (χ1) is 13.9. The van der Waals surface area contributed by atoms with Crippen molar-refractivity contribution >= 4 is 21.5 Å². The predicted molar refractivity (Wildman–Crippen MR) is 121 cm³/mol. The van der Waals surface area contributed by atoms with Crippen molar-refractivity contribution in [3.05, 3.63) is 120 Å². The molecule has 1 aliphatic carbocycles. The van der Waals surface area contributed by atoms with Gasteiger partial charge in [0.2, 0.25) is 0 Å². The first-order valence-electron chi connectivity index (χ1n) is 9.93. The maximum Gasteiger partial charge on any atom is -0.0105 e. The van der Waals surface area contributed by atoms with E-state index in [0.29, 0.717) is 0 Å². The maximum atomic E-state index is 2.24. The molecule has 0 spiro atoms. The number of rotatable bonds is 0. The molecule has 5 aromatic rings. The van der Waals surface area contributed by atoms with Gasteiger partial charge in [0.25, 0.3) is 0 Å². The van der Waals surface area contributed by atoms with E-state index in [1.54, 1.807) is 0 Å². The highest BCUT2D eigenvalue weighted by Gasteiger charge is 2.13. The third kappa shape index (κ3) is 3.08. The molecule has 0 atom stereocenters. The summed E-state index contributed by atoms with van der Waals surface area (Å²) in [5.74, 6) is 0. The van der Waals surface area contributed by atoms with E-state index in [2.05, 4.69) is 109 Å². The smallest absolute Gasteiger partial charge is 0.0105 e. The van der Waals surface area contributed by atoms with Gasteiger partial charge in [0.1, 0.15) is 0 Å². The van der Waals surface area contributed by atoms with E-state index in [1.807, 2.05) is 0 Å². The van der Waals surface area contributed by atoms with E-state index in [-0.39, 0.29) is 0 Å². The summed E-state index contributed by atoms with van der Waals surface area (Å²) >= 11 is 0. The zero-order valence-corrected chi connectivity index (χ0v) is 15.8. The average Bonchev–Trinajstić information content (AvgIpc) is 2.79. The van der Waals surface area contributed by atoms with Gasteiger partial charge in [-0.15, -0.1) is 0 Å². The van der Waals surface area contributed by atoms with Crippen LogP contribution in [-0.4, -0.2) is 0 Å². The zero-order valence-electron chi connectivity index (χ0n) is 15.8. The van der Waals surface area contributed by atoms with E-state index in [1.165, 1.54) is 56.6 Å². The molecule has 0 amide bonds. The van der Waals surface area contributed by atoms with E-state index in [4.69, 9.17) is 0 Å². The molecule has 0 nitrogen and oxygen atoms in total. The lowest BCUT2D eigenvalue weighted by Gasteiger charge is -2.19. The lowest BCUT2D eigenvalue weighted by molar-refractivity contribution is 0.942. The Labute approximate surface area is 166 Å². The predicted octanol–water partition coefficient (Wildman–Crippen LogP) is 7.45. The summed E-state index contributed by atoms with van der Waals surface area (Å²) in [4.78, 5) is 0. The molecule has 0 saturated carbocycles. The van der Waals surface area contributed by atoms with Gasteiger partial charge in [0.15, 0.2) is 0 Å². The minimum atomic E-state index is 1.19. The van der Waals surface area contributed by atoms with Crippen molar-refractivity contribution in [1.29, 1.82) is 0 Å². The molecular weight excluding hydrogens is 336 g/mol. The van der Waals surface area contributed by atoms with Crippen LogP contribution in [0.15, 0.2) is 109 Å². The third-order valence-electron chi connectivity index (χ3n) is 5.64. The van der Waals surface area contributed by atoms with Crippen molar-refractivity contribution in [2.24, 2.45) is 0 Å². The fourth-order valence-electron chi connectivity index (χ4n) is 4.23. The van der Waals surface area contributed by atoms with Crippen LogP contribution in [0.3, 0.4) is 0 Å². The van der Waals surface area contributed by atoms with Crippen molar-refractivity contribution in [2.45, 2.75) is 12.8 Å². The first kappa shape index (κ1) is 16.8. The van der Waals surface area contributed by atoms with Crippen LogP contribution in [0.25, 0.3) is 32.7 Å². The summed E-state index contributed by atoms with van der Waals surface area (Å²) in [5.41, 5.74) is 5.83. The molecule has 0 heterocycles. The molecule has 0 N–H and O–H groups in total. The minimum Gasteiger partial charge on any atom is -0.0620 e. The SMILES string of the molecule is c1ccc2c(c1)CCc1ccccc1-2.c1ccc2c(c1)ccc1ccccc12.